The van der Waals surface area contributed by atoms with Crippen molar-refractivity contribution < 1.29 is 4.79 Å². The van der Waals surface area contributed by atoms with Crippen LogP contribution in [0.15, 0.2) is 23.1 Å². The number of nitrogens with zero attached hydrogens (tertiary/aromatic N) is 2. The number of thioether (sulfide) groups is 1. The molecule has 0 fully saturated rings. The monoisotopic (exact) mass is 320 g/mol. The Kier molecular flexibility index (Phi) is 6.47. The lowest BCUT2D eigenvalue weighted by Crippen LogP contribution is -2.36. The molecular weight excluding hydrogens is 303 g/mol. The van der Waals surface area contributed by atoms with E-state index >= 15 is 0 Å². The fourth-order valence-electron chi connectivity index (χ4n) is 1.90. The molecule has 0 N–H and O–H groups in total. The summed E-state index contributed by atoms with van der Waals surface area (Å²) in [5, 5.41) is 0.682. The molecule has 0 aliphatic carbocycles. The molecule has 0 aromatic heterocycles. The van der Waals surface area contributed by atoms with E-state index in [2.05, 4.69) is 0 Å². The van der Waals surface area contributed by atoms with Gasteiger partial charge >= 0.3 is 0 Å². The van der Waals surface area contributed by atoms with Crippen LogP contribution < -0.4 is 4.90 Å². The lowest BCUT2D eigenvalue weighted by Gasteiger charge is -2.29. The highest BCUT2D eigenvalue weighted by Crippen LogP contribution is 2.36. The van der Waals surface area contributed by atoms with E-state index in [1.165, 1.54) is 0 Å². The number of benzene rings is 1. The van der Waals surface area contributed by atoms with Crippen LogP contribution in [0.4, 0.5) is 5.69 Å². The smallest absolute Gasteiger partial charge is 0.228 e. The minimum Gasteiger partial charge on any atom is -0.310 e. The average Bonchev–Trinajstić information content (AvgIpc) is 2.35. The van der Waals surface area contributed by atoms with Crippen molar-refractivity contribution in [3.05, 3.63) is 23.2 Å². The van der Waals surface area contributed by atoms with Gasteiger partial charge in [0, 0.05) is 35.2 Å². The third-order valence-electron chi connectivity index (χ3n) is 2.86. The molecule has 0 atom stereocenters. The van der Waals surface area contributed by atoms with E-state index in [-0.39, 0.29) is 18.3 Å². The van der Waals surface area contributed by atoms with Gasteiger partial charge in [-0.3, -0.25) is 4.79 Å². The van der Waals surface area contributed by atoms with Crippen LogP contribution in [0.5, 0.6) is 0 Å². The zero-order valence-corrected chi connectivity index (χ0v) is 13.4. The number of halogens is 2. The van der Waals surface area contributed by atoms with Crippen LogP contribution in [0, 0.1) is 0 Å². The molecule has 3 nitrogen and oxygen atoms in total. The Bertz CT molecular complexity index is 454. The molecule has 1 amide bonds. The number of amides is 1. The number of rotatable bonds is 3. The molecule has 106 valence electrons. The van der Waals surface area contributed by atoms with Gasteiger partial charge in [0.15, 0.2) is 0 Å². The predicted molar refractivity (Wildman–Crippen MR) is 84.9 cm³/mol. The zero-order valence-electron chi connectivity index (χ0n) is 11.1. The molecule has 1 aromatic rings. The van der Waals surface area contributed by atoms with Crippen LogP contribution in [0.2, 0.25) is 5.02 Å². The number of fused-ring (bicyclic) bond motifs is 1. The maximum Gasteiger partial charge on any atom is 0.228 e. The molecule has 2 rings (SSSR count). The van der Waals surface area contributed by atoms with Gasteiger partial charge in [0.1, 0.15) is 0 Å². The quantitative estimate of drug-likeness (QED) is 0.854. The van der Waals surface area contributed by atoms with Crippen molar-refractivity contribution in [1.82, 2.24) is 4.90 Å². The minimum atomic E-state index is 0. The second-order valence-corrected chi connectivity index (χ2v) is 6.13. The second-order valence-electron chi connectivity index (χ2n) is 4.56. The molecule has 6 heteroatoms. The summed E-state index contributed by atoms with van der Waals surface area (Å²) in [7, 11) is 3.95. The first kappa shape index (κ1) is 16.6. The number of anilines is 1. The van der Waals surface area contributed by atoms with Crippen molar-refractivity contribution >= 4 is 47.4 Å². The maximum atomic E-state index is 12.2. The van der Waals surface area contributed by atoms with E-state index in [1.54, 1.807) is 11.8 Å². The van der Waals surface area contributed by atoms with E-state index in [1.807, 2.05) is 42.1 Å². The summed E-state index contributed by atoms with van der Waals surface area (Å²) in [5.41, 5.74) is 0.961. The van der Waals surface area contributed by atoms with Gasteiger partial charge in [-0.1, -0.05) is 11.6 Å². The molecule has 0 saturated carbocycles. The molecule has 0 saturated heterocycles. The maximum absolute atomic E-state index is 12.2. The molecule has 1 aromatic carbocycles. The van der Waals surface area contributed by atoms with E-state index in [4.69, 9.17) is 11.6 Å². The molecule has 0 bridgehead atoms. The lowest BCUT2D eigenvalue weighted by molar-refractivity contribution is -0.118. The standard InChI is InChI=1S/C13H17ClN2OS.ClH/c1-15(2)6-5-13(17)16-7-8-18-12-4-3-10(14)9-11(12)16;/h3-4,9H,5-8H2,1-2H3;1H. The molecule has 1 aliphatic rings. The number of hydrogen-bond acceptors (Lipinski definition) is 3. The summed E-state index contributed by atoms with van der Waals surface area (Å²) in [6.07, 6.45) is 0.545. The fraction of sp³-hybridized carbons (Fsp3) is 0.462. The van der Waals surface area contributed by atoms with Crippen molar-refractivity contribution in [2.24, 2.45) is 0 Å². The highest BCUT2D eigenvalue weighted by Gasteiger charge is 2.22. The van der Waals surface area contributed by atoms with Crippen LogP contribution >= 0.6 is 35.8 Å². The van der Waals surface area contributed by atoms with Gasteiger partial charge in [-0.15, -0.1) is 24.2 Å². The number of carbonyl (C=O) groups is 1. The molecule has 0 spiro atoms. The van der Waals surface area contributed by atoms with Crippen LogP contribution in [-0.2, 0) is 4.79 Å². The molecule has 19 heavy (non-hydrogen) atoms. The van der Waals surface area contributed by atoms with E-state index in [0.29, 0.717) is 11.4 Å². The van der Waals surface area contributed by atoms with E-state index in [0.717, 1.165) is 29.4 Å². The molecule has 0 radical (unpaired) electrons. The Hall–Kier alpha value is -0.420. The first-order valence-electron chi connectivity index (χ1n) is 5.95. The van der Waals surface area contributed by atoms with Gasteiger partial charge in [0.25, 0.3) is 0 Å². The molecule has 0 unspecified atom stereocenters. The van der Waals surface area contributed by atoms with Gasteiger partial charge in [-0.05, 0) is 32.3 Å². The fourth-order valence-corrected chi connectivity index (χ4v) is 3.05. The third-order valence-corrected chi connectivity index (χ3v) is 4.14. The first-order chi connectivity index (χ1) is 8.58. The Morgan fingerprint density at radius 3 is 2.89 bits per heavy atom. The summed E-state index contributed by atoms with van der Waals surface area (Å²) in [4.78, 5) is 17.3. The third kappa shape index (κ3) is 4.28. The predicted octanol–water partition coefficient (Wildman–Crippen LogP) is 3.15. The summed E-state index contributed by atoms with van der Waals surface area (Å²) in [5.74, 6) is 1.12. The highest BCUT2D eigenvalue weighted by molar-refractivity contribution is 7.99. The van der Waals surface area contributed by atoms with Crippen molar-refractivity contribution in [3.8, 4) is 0 Å². The van der Waals surface area contributed by atoms with Crippen LogP contribution in [0.3, 0.4) is 0 Å². The number of hydrogen-bond donors (Lipinski definition) is 0. The Balaban J connectivity index is 0.00000180. The van der Waals surface area contributed by atoms with E-state index in [9.17, 15) is 4.79 Å². The number of carbonyl (C=O) groups excluding carboxylic acids is 1. The Morgan fingerprint density at radius 2 is 2.21 bits per heavy atom. The van der Waals surface area contributed by atoms with Crippen LogP contribution in [0.1, 0.15) is 6.42 Å². The minimum absolute atomic E-state index is 0. The van der Waals surface area contributed by atoms with Gasteiger partial charge in [-0.25, -0.2) is 0 Å². The van der Waals surface area contributed by atoms with Gasteiger partial charge in [-0.2, -0.15) is 0 Å². The van der Waals surface area contributed by atoms with Crippen molar-refractivity contribution in [2.45, 2.75) is 11.3 Å². The molecule has 1 aliphatic heterocycles. The normalized spacial score (nSPS) is 14.0. The molecular formula is C13H18Cl2N2OS. The Labute approximate surface area is 129 Å². The summed E-state index contributed by atoms with van der Waals surface area (Å²) in [6.45, 7) is 1.54. The van der Waals surface area contributed by atoms with Gasteiger partial charge in [0.2, 0.25) is 5.91 Å². The topological polar surface area (TPSA) is 23.6 Å². The van der Waals surface area contributed by atoms with Gasteiger partial charge in [0.05, 0.1) is 5.69 Å². The largest absolute Gasteiger partial charge is 0.310 e. The highest BCUT2D eigenvalue weighted by atomic mass is 35.5. The van der Waals surface area contributed by atoms with Crippen LogP contribution in [0.25, 0.3) is 0 Å². The zero-order chi connectivity index (χ0) is 13.1. The summed E-state index contributed by atoms with van der Waals surface area (Å²) in [6, 6.07) is 5.76. The van der Waals surface area contributed by atoms with E-state index < -0.39 is 0 Å². The van der Waals surface area contributed by atoms with Crippen LogP contribution in [-0.4, -0.2) is 43.7 Å². The Morgan fingerprint density at radius 1 is 1.47 bits per heavy atom. The summed E-state index contributed by atoms with van der Waals surface area (Å²) < 4.78 is 0. The van der Waals surface area contributed by atoms with Gasteiger partial charge < -0.3 is 9.80 Å². The van der Waals surface area contributed by atoms with Crippen molar-refractivity contribution in [1.29, 1.82) is 0 Å². The van der Waals surface area contributed by atoms with Crippen molar-refractivity contribution in [2.75, 3.05) is 37.8 Å². The SMILES string of the molecule is CN(C)CCC(=O)N1CCSc2ccc(Cl)cc21.Cl. The first-order valence-corrected chi connectivity index (χ1v) is 7.32. The average molecular weight is 321 g/mol. The molecule has 1 heterocycles. The van der Waals surface area contributed by atoms with Crippen molar-refractivity contribution in [3.63, 3.8) is 0 Å². The lowest BCUT2D eigenvalue weighted by atomic mass is 10.2. The second kappa shape index (κ2) is 7.39. The summed E-state index contributed by atoms with van der Waals surface area (Å²) >= 11 is 7.80.